The van der Waals surface area contributed by atoms with Crippen molar-refractivity contribution in [2.45, 2.75) is 20.0 Å². The van der Waals surface area contributed by atoms with Crippen molar-refractivity contribution < 1.29 is 18.7 Å². The zero-order valence-corrected chi connectivity index (χ0v) is 15.1. The summed E-state index contributed by atoms with van der Waals surface area (Å²) in [6, 6.07) is 14.4. The van der Waals surface area contributed by atoms with Gasteiger partial charge in [-0.1, -0.05) is 29.3 Å². The highest BCUT2D eigenvalue weighted by Gasteiger charge is 2.19. The number of halogens is 1. The molecular formula is C19H17ClN2O4. The molecule has 1 heterocycles. The van der Waals surface area contributed by atoms with Crippen LogP contribution in [0.1, 0.15) is 24.5 Å². The quantitative estimate of drug-likeness (QED) is 0.598. The third kappa shape index (κ3) is 4.61. The number of benzene rings is 2. The molecule has 0 fully saturated rings. The predicted molar refractivity (Wildman–Crippen MR) is 95.9 cm³/mol. The maximum Gasteiger partial charge on any atom is 0.344 e. The van der Waals surface area contributed by atoms with Crippen molar-refractivity contribution in [1.29, 1.82) is 0 Å². The maximum atomic E-state index is 11.9. The van der Waals surface area contributed by atoms with E-state index in [1.807, 2.05) is 31.2 Å². The van der Waals surface area contributed by atoms with Crippen LogP contribution in [0.3, 0.4) is 0 Å². The van der Waals surface area contributed by atoms with E-state index in [0.717, 1.165) is 11.1 Å². The molecule has 0 aliphatic rings. The summed E-state index contributed by atoms with van der Waals surface area (Å²) in [6.45, 7) is 3.42. The molecule has 1 atom stereocenters. The number of hydrogen-bond acceptors (Lipinski definition) is 6. The lowest BCUT2D eigenvalue weighted by Crippen LogP contribution is -2.17. The minimum atomic E-state index is -0.678. The molecule has 1 aromatic heterocycles. The number of carbonyl (C=O) groups is 1. The molecule has 0 N–H and O–H groups in total. The fourth-order valence-corrected chi connectivity index (χ4v) is 2.29. The van der Waals surface area contributed by atoms with Crippen molar-refractivity contribution in [3.8, 4) is 17.2 Å². The van der Waals surface area contributed by atoms with Crippen LogP contribution < -0.4 is 4.74 Å². The van der Waals surface area contributed by atoms with E-state index in [-0.39, 0.29) is 12.5 Å². The Balaban J connectivity index is 1.55. The first-order chi connectivity index (χ1) is 12.5. The molecule has 7 heteroatoms. The molecule has 0 saturated carbocycles. The fraction of sp³-hybridized carbons (Fsp3) is 0.211. The van der Waals surface area contributed by atoms with Crippen LogP contribution in [0.5, 0.6) is 5.75 Å². The summed E-state index contributed by atoms with van der Waals surface area (Å²) in [6.07, 6.45) is -0.678. The molecule has 0 saturated heterocycles. The lowest BCUT2D eigenvalue weighted by molar-refractivity contribution is -0.152. The third-order valence-corrected chi connectivity index (χ3v) is 3.82. The summed E-state index contributed by atoms with van der Waals surface area (Å²) in [7, 11) is 0. The van der Waals surface area contributed by atoms with Gasteiger partial charge in [0.2, 0.25) is 5.89 Å². The number of ether oxygens (including phenoxy) is 2. The molecule has 3 rings (SSSR count). The maximum absolute atomic E-state index is 11.9. The van der Waals surface area contributed by atoms with Crippen LogP contribution in [0.2, 0.25) is 5.02 Å². The molecule has 6 nitrogen and oxygen atoms in total. The van der Waals surface area contributed by atoms with Gasteiger partial charge in [-0.25, -0.2) is 4.79 Å². The molecule has 0 bridgehead atoms. The normalized spacial score (nSPS) is 11.8. The second-order valence-electron chi connectivity index (χ2n) is 5.69. The number of hydrogen-bond donors (Lipinski definition) is 0. The van der Waals surface area contributed by atoms with Crippen molar-refractivity contribution in [2.75, 3.05) is 6.61 Å². The molecule has 0 spiro atoms. The van der Waals surface area contributed by atoms with E-state index >= 15 is 0 Å². The topological polar surface area (TPSA) is 74.5 Å². The van der Waals surface area contributed by atoms with E-state index in [9.17, 15) is 4.79 Å². The minimum absolute atomic E-state index is 0.223. The van der Waals surface area contributed by atoms with Gasteiger partial charge >= 0.3 is 5.97 Å². The first kappa shape index (κ1) is 17.9. The summed E-state index contributed by atoms with van der Waals surface area (Å²) in [5, 5.41) is 8.53. The Labute approximate surface area is 155 Å². The predicted octanol–water partition coefficient (Wildman–Crippen LogP) is 4.38. The Bertz CT molecular complexity index is 875. The number of carbonyl (C=O) groups excluding carboxylic acids is 1. The summed E-state index contributed by atoms with van der Waals surface area (Å²) in [5.41, 5.74) is 1.94. The molecule has 0 radical (unpaired) electrons. The SMILES string of the molecule is Cc1ccc(-c2nnc([C@H](C)OC(=O)COc3ccc(Cl)cc3)o2)cc1. The number of nitrogens with zero attached hydrogens (tertiary/aromatic N) is 2. The number of esters is 1. The van der Waals surface area contributed by atoms with Gasteiger partial charge in [0.1, 0.15) is 5.75 Å². The van der Waals surface area contributed by atoms with E-state index in [1.54, 1.807) is 31.2 Å². The molecular weight excluding hydrogens is 356 g/mol. The molecule has 0 amide bonds. The van der Waals surface area contributed by atoms with Crippen molar-refractivity contribution >= 4 is 17.6 Å². The number of aromatic nitrogens is 2. The van der Waals surface area contributed by atoms with Crippen LogP contribution in [-0.4, -0.2) is 22.8 Å². The highest BCUT2D eigenvalue weighted by molar-refractivity contribution is 6.30. The molecule has 2 aromatic carbocycles. The van der Waals surface area contributed by atoms with Gasteiger partial charge in [0, 0.05) is 10.6 Å². The van der Waals surface area contributed by atoms with Gasteiger partial charge in [0.25, 0.3) is 5.89 Å². The van der Waals surface area contributed by atoms with Crippen molar-refractivity contribution in [2.24, 2.45) is 0 Å². The average Bonchev–Trinajstić information content (AvgIpc) is 3.12. The average molecular weight is 373 g/mol. The van der Waals surface area contributed by atoms with E-state index in [0.29, 0.717) is 16.7 Å². The van der Waals surface area contributed by atoms with E-state index in [2.05, 4.69) is 10.2 Å². The van der Waals surface area contributed by atoms with Gasteiger partial charge in [-0.05, 0) is 50.2 Å². The van der Waals surface area contributed by atoms with E-state index in [4.69, 9.17) is 25.5 Å². The van der Waals surface area contributed by atoms with Crippen LogP contribution in [0, 0.1) is 6.92 Å². The minimum Gasteiger partial charge on any atom is -0.482 e. The van der Waals surface area contributed by atoms with Crippen molar-refractivity contribution in [3.05, 3.63) is 65.0 Å². The first-order valence-corrected chi connectivity index (χ1v) is 8.37. The molecule has 0 unspecified atom stereocenters. The first-order valence-electron chi connectivity index (χ1n) is 7.99. The lowest BCUT2D eigenvalue weighted by atomic mass is 10.1. The van der Waals surface area contributed by atoms with Gasteiger partial charge in [-0.3, -0.25) is 0 Å². The summed E-state index contributed by atoms with van der Waals surface area (Å²) < 4.78 is 16.2. The zero-order chi connectivity index (χ0) is 18.5. The molecule has 134 valence electrons. The monoisotopic (exact) mass is 372 g/mol. The van der Waals surface area contributed by atoms with Gasteiger partial charge in [0.15, 0.2) is 12.7 Å². The fourth-order valence-electron chi connectivity index (χ4n) is 2.17. The molecule has 0 aliphatic heterocycles. The highest BCUT2D eigenvalue weighted by Crippen LogP contribution is 2.23. The Morgan fingerprint density at radius 1 is 1.12 bits per heavy atom. The van der Waals surface area contributed by atoms with E-state index in [1.165, 1.54) is 0 Å². The van der Waals surface area contributed by atoms with Crippen LogP contribution >= 0.6 is 11.6 Å². The van der Waals surface area contributed by atoms with E-state index < -0.39 is 12.1 Å². The highest BCUT2D eigenvalue weighted by atomic mass is 35.5. The smallest absolute Gasteiger partial charge is 0.344 e. The molecule has 26 heavy (non-hydrogen) atoms. The Morgan fingerprint density at radius 3 is 2.50 bits per heavy atom. The number of aryl methyl sites for hydroxylation is 1. The van der Waals surface area contributed by atoms with Crippen LogP contribution in [-0.2, 0) is 9.53 Å². The Kier molecular flexibility index (Phi) is 5.53. The lowest BCUT2D eigenvalue weighted by Gasteiger charge is -2.10. The Hall–Kier alpha value is -2.86. The van der Waals surface area contributed by atoms with Gasteiger partial charge in [0.05, 0.1) is 0 Å². The van der Waals surface area contributed by atoms with Gasteiger partial charge < -0.3 is 13.9 Å². The molecule has 3 aromatic rings. The zero-order valence-electron chi connectivity index (χ0n) is 14.3. The van der Waals surface area contributed by atoms with Gasteiger partial charge in [-0.2, -0.15) is 0 Å². The standard InChI is InChI=1S/C19H17ClN2O4/c1-12-3-5-14(6-4-12)19-22-21-18(26-19)13(2)25-17(23)11-24-16-9-7-15(20)8-10-16/h3-10,13H,11H2,1-2H3/t13-/m0/s1. The van der Waals surface area contributed by atoms with Gasteiger partial charge in [-0.15, -0.1) is 10.2 Å². The van der Waals surface area contributed by atoms with Crippen LogP contribution in [0.4, 0.5) is 0 Å². The number of rotatable bonds is 6. The second-order valence-corrected chi connectivity index (χ2v) is 6.12. The summed E-state index contributed by atoms with van der Waals surface area (Å²) in [4.78, 5) is 11.9. The van der Waals surface area contributed by atoms with Crippen LogP contribution in [0.25, 0.3) is 11.5 Å². The summed E-state index contributed by atoms with van der Waals surface area (Å²) >= 11 is 5.79. The second kappa shape index (κ2) is 8.01. The third-order valence-electron chi connectivity index (χ3n) is 3.57. The van der Waals surface area contributed by atoms with Crippen molar-refractivity contribution in [3.63, 3.8) is 0 Å². The van der Waals surface area contributed by atoms with Crippen molar-refractivity contribution in [1.82, 2.24) is 10.2 Å². The molecule has 0 aliphatic carbocycles. The Morgan fingerprint density at radius 2 is 1.81 bits per heavy atom. The largest absolute Gasteiger partial charge is 0.482 e. The van der Waals surface area contributed by atoms with Crippen LogP contribution in [0.15, 0.2) is 52.9 Å². The summed E-state index contributed by atoms with van der Waals surface area (Å²) in [5.74, 6) is 0.585.